The number of pyridine rings is 2. The molecule has 0 aliphatic heterocycles. The minimum Gasteiger partial charge on any atom is -0.383 e. The van der Waals surface area contributed by atoms with Crippen LogP contribution in [-0.2, 0) is 11.3 Å². The summed E-state index contributed by atoms with van der Waals surface area (Å²) in [6.45, 7) is 2.48. The number of hydrogen-bond donors (Lipinski definition) is 2. The van der Waals surface area contributed by atoms with Crippen LogP contribution in [0.5, 0.6) is 0 Å². The molecule has 0 bridgehead atoms. The second kappa shape index (κ2) is 8.53. The molecule has 158 valence electrons. The van der Waals surface area contributed by atoms with Gasteiger partial charge >= 0.3 is 0 Å². The number of carbonyl (C=O) groups is 1. The molecule has 1 amide bonds. The number of rotatable bonds is 6. The van der Waals surface area contributed by atoms with E-state index >= 15 is 0 Å². The van der Waals surface area contributed by atoms with Crippen LogP contribution in [0, 0.1) is 5.41 Å². The van der Waals surface area contributed by atoms with E-state index in [0.717, 1.165) is 5.56 Å². The number of carbonyl (C=O) groups excluding carboxylic acids is 1. The third kappa shape index (κ3) is 3.85. The molecular weight excluding hydrogens is 394 g/mol. The standard InChI is InChI=1S/C23H23N5O3/c1-15(16-8-4-3-5-9-16)25-22(29)17-14-18-21(28(20(17)24)12-13-31-2)26-19-10-6-7-11-27(19)23(18)30/h3-11,14-15,24H,12-13H2,1-2H3,(H,25,29)/t15-/m1/s1. The van der Waals surface area contributed by atoms with Crippen molar-refractivity contribution in [3.63, 3.8) is 0 Å². The molecule has 2 N–H and O–H groups in total. The molecule has 0 aliphatic carbocycles. The lowest BCUT2D eigenvalue weighted by molar-refractivity contribution is 0.0937. The number of fused-ring (bicyclic) bond motifs is 2. The maximum atomic E-state index is 13.1. The van der Waals surface area contributed by atoms with Gasteiger partial charge in [0.05, 0.1) is 23.6 Å². The highest BCUT2D eigenvalue weighted by Crippen LogP contribution is 2.14. The van der Waals surface area contributed by atoms with Gasteiger partial charge in [0.1, 0.15) is 16.8 Å². The van der Waals surface area contributed by atoms with Gasteiger partial charge in [-0.05, 0) is 30.7 Å². The quantitative estimate of drug-likeness (QED) is 0.470. The fourth-order valence-electron chi connectivity index (χ4n) is 3.56. The predicted molar refractivity (Wildman–Crippen MR) is 117 cm³/mol. The summed E-state index contributed by atoms with van der Waals surface area (Å²) in [6.07, 6.45) is 1.63. The van der Waals surface area contributed by atoms with Crippen molar-refractivity contribution >= 4 is 22.6 Å². The highest BCUT2D eigenvalue weighted by Gasteiger charge is 2.19. The number of nitrogens with zero attached hydrogens (tertiary/aromatic N) is 3. The van der Waals surface area contributed by atoms with Gasteiger partial charge in [0, 0.05) is 19.9 Å². The third-order valence-corrected chi connectivity index (χ3v) is 5.23. The number of benzene rings is 1. The van der Waals surface area contributed by atoms with Gasteiger partial charge < -0.3 is 14.6 Å². The Hall–Kier alpha value is -3.78. The van der Waals surface area contributed by atoms with Crippen LogP contribution in [0.1, 0.15) is 28.9 Å². The lowest BCUT2D eigenvalue weighted by atomic mass is 10.1. The second-order valence-corrected chi connectivity index (χ2v) is 7.24. The molecule has 0 radical (unpaired) electrons. The minimum absolute atomic E-state index is 0.0190. The number of amides is 1. The maximum Gasteiger partial charge on any atom is 0.267 e. The number of nitrogens with one attached hydrogen (secondary N) is 2. The average Bonchev–Trinajstić information content (AvgIpc) is 2.79. The number of aromatic nitrogens is 3. The molecule has 8 nitrogen and oxygen atoms in total. The molecule has 0 unspecified atom stereocenters. The zero-order valence-corrected chi connectivity index (χ0v) is 17.3. The largest absolute Gasteiger partial charge is 0.383 e. The lowest BCUT2D eigenvalue weighted by Gasteiger charge is -2.17. The Labute approximate surface area is 178 Å². The van der Waals surface area contributed by atoms with E-state index in [9.17, 15) is 9.59 Å². The van der Waals surface area contributed by atoms with Gasteiger partial charge in [-0.25, -0.2) is 4.98 Å². The molecule has 31 heavy (non-hydrogen) atoms. The summed E-state index contributed by atoms with van der Waals surface area (Å²) in [5.41, 5.74) is 1.57. The molecule has 8 heteroatoms. The van der Waals surface area contributed by atoms with Gasteiger partial charge in [0.15, 0.2) is 0 Å². The first-order valence-corrected chi connectivity index (χ1v) is 9.95. The molecule has 0 fully saturated rings. The molecule has 3 aromatic heterocycles. The Kier molecular flexibility index (Phi) is 5.64. The molecule has 4 aromatic rings. The van der Waals surface area contributed by atoms with Gasteiger partial charge in [0.2, 0.25) is 0 Å². The molecular formula is C23H23N5O3. The number of hydrogen-bond acceptors (Lipinski definition) is 5. The van der Waals surface area contributed by atoms with Gasteiger partial charge in [0.25, 0.3) is 11.5 Å². The zero-order valence-electron chi connectivity index (χ0n) is 17.3. The van der Waals surface area contributed by atoms with E-state index < -0.39 is 5.91 Å². The van der Waals surface area contributed by atoms with Gasteiger partial charge in [-0.2, -0.15) is 0 Å². The summed E-state index contributed by atoms with van der Waals surface area (Å²) in [6, 6.07) is 16.0. The van der Waals surface area contributed by atoms with Crippen LogP contribution in [0.2, 0.25) is 0 Å². The molecule has 1 atom stereocenters. The van der Waals surface area contributed by atoms with Crippen molar-refractivity contribution < 1.29 is 9.53 Å². The molecule has 1 aromatic carbocycles. The first-order chi connectivity index (χ1) is 15.0. The third-order valence-electron chi connectivity index (χ3n) is 5.23. The fraction of sp³-hybridized carbons (Fsp3) is 0.217. The molecule has 0 saturated carbocycles. The van der Waals surface area contributed by atoms with E-state index in [1.807, 2.05) is 37.3 Å². The minimum atomic E-state index is -0.424. The van der Waals surface area contributed by atoms with Crippen LogP contribution in [0.3, 0.4) is 0 Å². The Bertz CT molecular complexity index is 1380. The van der Waals surface area contributed by atoms with E-state index in [-0.39, 0.29) is 34.6 Å². The zero-order chi connectivity index (χ0) is 22.0. The molecule has 0 aliphatic rings. The van der Waals surface area contributed by atoms with Crippen molar-refractivity contribution in [2.24, 2.45) is 0 Å². The van der Waals surface area contributed by atoms with Crippen molar-refractivity contribution in [2.75, 3.05) is 13.7 Å². The SMILES string of the molecule is COCCn1c(=N)c(C(=O)N[C@H](C)c2ccccc2)cc2c(=O)n3ccccc3nc21. The molecule has 3 heterocycles. The summed E-state index contributed by atoms with van der Waals surface area (Å²) < 4.78 is 8.16. The highest BCUT2D eigenvalue weighted by molar-refractivity contribution is 5.97. The summed E-state index contributed by atoms with van der Waals surface area (Å²) in [5, 5.41) is 11.9. The predicted octanol–water partition coefficient (Wildman–Crippen LogP) is 2.27. The first kappa shape index (κ1) is 20.5. The van der Waals surface area contributed by atoms with Crippen molar-refractivity contribution in [2.45, 2.75) is 19.5 Å². The van der Waals surface area contributed by atoms with Crippen LogP contribution in [-0.4, -0.2) is 33.6 Å². The van der Waals surface area contributed by atoms with Crippen molar-refractivity contribution in [1.29, 1.82) is 5.41 Å². The Morgan fingerprint density at radius 2 is 1.94 bits per heavy atom. The molecule has 0 saturated heterocycles. The van der Waals surface area contributed by atoms with Crippen LogP contribution in [0.25, 0.3) is 16.7 Å². The number of methoxy groups -OCH3 is 1. The van der Waals surface area contributed by atoms with Crippen LogP contribution in [0.15, 0.2) is 65.6 Å². The van der Waals surface area contributed by atoms with Gasteiger partial charge in [-0.1, -0.05) is 36.4 Å². The topological polar surface area (TPSA) is 101 Å². The monoisotopic (exact) mass is 417 g/mol. The van der Waals surface area contributed by atoms with Crippen molar-refractivity contribution in [1.82, 2.24) is 19.3 Å². The van der Waals surface area contributed by atoms with E-state index in [2.05, 4.69) is 10.3 Å². The van der Waals surface area contributed by atoms with Gasteiger partial charge in [-0.3, -0.25) is 19.4 Å². The van der Waals surface area contributed by atoms with E-state index in [1.54, 1.807) is 36.1 Å². The molecule has 0 spiro atoms. The Morgan fingerprint density at radius 1 is 1.19 bits per heavy atom. The first-order valence-electron chi connectivity index (χ1n) is 9.95. The Morgan fingerprint density at radius 3 is 2.68 bits per heavy atom. The fourth-order valence-corrected chi connectivity index (χ4v) is 3.56. The second-order valence-electron chi connectivity index (χ2n) is 7.24. The highest BCUT2D eigenvalue weighted by atomic mass is 16.5. The van der Waals surface area contributed by atoms with Crippen LogP contribution in [0.4, 0.5) is 0 Å². The summed E-state index contributed by atoms with van der Waals surface area (Å²) in [7, 11) is 1.56. The van der Waals surface area contributed by atoms with Crippen LogP contribution < -0.4 is 16.4 Å². The summed E-state index contributed by atoms with van der Waals surface area (Å²) in [5.74, 6) is -0.424. The van der Waals surface area contributed by atoms with E-state index in [1.165, 1.54) is 10.5 Å². The van der Waals surface area contributed by atoms with Crippen molar-refractivity contribution in [3.8, 4) is 0 Å². The van der Waals surface area contributed by atoms with Crippen molar-refractivity contribution in [3.05, 3.63) is 87.8 Å². The normalized spacial score (nSPS) is 12.2. The average molecular weight is 417 g/mol. The maximum absolute atomic E-state index is 13.1. The van der Waals surface area contributed by atoms with Crippen LogP contribution >= 0.6 is 0 Å². The Balaban J connectivity index is 1.87. The molecule has 4 rings (SSSR count). The van der Waals surface area contributed by atoms with E-state index in [0.29, 0.717) is 17.9 Å². The summed E-state index contributed by atoms with van der Waals surface area (Å²) in [4.78, 5) is 30.8. The van der Waals surface area contributed by atoms with Gasteiger partial charge in [-0.15, -0.1) is 0 Å². The smallest absolute Gasteiger partial charge is 0.267 e. The summed E-state index contributed by atoms with van der Waals surface area (Å²) >= 11 is 0. The van der Waals surface area contributed by atoms with E-state index in [4.69, 9.17) is 10.1 Å². The lowest BCUT2D eigenvalue weighted by Crippen LogP contribution is -2.36. The number of ether oxygens (including phenoxy) is 1.